The number of fused-ring (bicyclic) bond motifs is 1. The lowest BCUT2D eigenvalue weighted by atomic mass is 10.0. The number of carbonyl (C=O) groups is 4. The van der Waals surface area contributed by atoms with E-state index in [0.717, 1.165) is 10.5 Å². The number of hydrogen-bond donors (Lipinski definition) is 1. The summed E-state index contributed by atoms with van der Waals surface area (Å²) in [6, 6.07) is 20.6. The van der Waals surface area contributed by atoms with E-state index < -0.39 is 36.3 Å². The van der Waals surface area contributed by atoms with E-state index in [1.165, 1.54) is 0 Å². The van der Waals surface area contributed by atoms with E-state index in [0.29, 0.717) is 10.7 Å². The molecule has 0 aromatic heterocycles. The van der Waals surface area contributed by atoms with Gasteiger partial charge in [-0.25, -0.2) is 4.79 Å². The number of benzene rings is 3. The van der Waals surface area contributed by atoms with Crippen LogP contribution < -0.4 is 5.32 Å². The highest BCUT2D eigenvalue weighted by molar-refractivity contribution is 6.30. The van der Waals surface area contributed by atoms with Crippen molar-refractivity contribution in [2.24, 2.45) is 0 Å². The Hall–Kier alpha value is -3.97. The summed E-state index contributed by atoms with van der Waals surface area (Å²) < 4.78 is 5.22. The van der Waals surface area contributed by atoms with Gasteiger partial charge in [-0.1, -0.05) is 60.1 Å². The van der Waals surface area contributed by atoms with Gasteiger partial charge in [0, 0.05) is 17.1 Å². The Morgan fingerprint density at radius 1 is 0.879 bits per heavy atom. The van der Waals surface area contributed by atoms with Crippen LogP contribution in [0.2, 0.25) is 5.02 Å². The van der Waals surface area contributed by atoms with Crippen LogP contribution >= 0.6 is 11.6 Å². The van der Waals surface area contributed by atoms with E-state index >= 15 is 0 Å². The number of anilines is 1. The molecule has 3 amide bonds. The molecule has 1 aliphatic heterocycles. The number of rotatable bonds is 7. The summed E-state index contributed by atoms with van der Waals surface area (Å²) in [7, 11) is 0. The zero-order valence-corrected chi connectivity index (χ0v) is 18.1. The molecule has 3 aromatic rings. The van der Waals surface area contributed by atoms with E-state index in [2.05, 4.69) is 5.32 Å². The van der Waals surface area contributed by atoms with Crippen LogP contribution in [0.4, 0.5) is 5.69 Å². The van der Waals surface area contributed by atoms with Crippen molar-refractivity contribution in [3.8, 4) is 0 Å². The minimum Gasteiger partial charge on any atom is -0.454 e. The number of halogens is 1. The highest BCUT2D eigenvalue weighted by Crippen LogP contribution is 2.26. The fraction of sp³-hybridized carbons (Fsp3) is 0.120. The van der Waals surface area contributed by atoms with Crippen molar-refractivity contribution in [2.45, 2.75) is 12.5 Å². The van der Waals surface area contributed by atoms with Gasteiger partial charge in [0.05, 0.1) is 11.1 Å². The quantitative estimate of drug-likeness (QED) is 0.426. The van der Waals surface area contributed by atoms with Crippen LogP contribution in [0.1, 0.15) is 26.3 Å². The Balaban J connectivity index is 1.51. The molecule has 1 unspecified atom stereocenters. The van der Waals surface area contributed by atoms with Gasteiger partial charge in [-0.05, 0) is 35.9 Å². The van der Waals surface area contributed by atoms with Crippen molar-refractivity contribution < 1.29 is 23.9 Å². The summed E-state index contributed by atoms with van der Waals surface area (Å²) in [5.74, 6) is -2.57. The Labute approximate surface area is 194 Å². The molecule has 0 saturated carbocycles. The second-order valence-corrected chi connectivity index (χ2v) is 7.83. The maximum atomic E-state index is 13.0. The summed E-state index contributed by atoms with van der Waals surface area (Å²) in [6.45, 7) is -0.584. The molecule has 7 nitrogen and oxygen atoms in total. The highest BCUT2D eigenvalue weighted by Gasteiger charge is 2.43. The number of carbonyl (C=O) groups excluding carboxylic acids is 4. The molecule has 1 atom stereocenters. The first kappa shape index (κ1) is 22.2. The number of nitrogens with zero attached hydrogens (tertiary/aromatic N) is 1. The number of esters is 1. The smallest absolute Gasteiger partial charge is 0.330 e. The molecule has 3 aromatic carbocycles. The van der Waals surface area contributed by atoms with Crippen molar-refractivity contribution in [3.63, 3.8) is 0 Å². The first-order valence-electron chi connectivity index (χ1n) is 10.2. The lowest BCUT2D eigenvalue weighted by Gasteiger charge is -2.24. The fourth-order valence-corrected chi connectivity index (χ4v) is 3.79. The molecule has 0 aliphatic carbocycles. The zero-order valence-electron chi connectivity index (χ0n) is 17.4. The summed E-state index contributed by atoms with van der Waals surface area (Å²) >= 11 is 5.91. The van der Waals surface area contributed by atoms with Crippen molar-refractivity contribution in [2.75, 3.05) is 11.9 Å². The van der Waals surface area contributed by atoms with Crippen LogP contribution in [-0.4, -0.2) is 41.2 Å². The standard InChI is InChI=1S/C25H19ClN2O5/c26-17-9-6-10-18(14-17)27-22(29)15-33-25(32)21(13-16-7-2-1-3-8-16)28-23(30)19-11-4-5-12-20(19)24(28)31/h1-12,14,21H,13,15H2,(H,27,29). The van der Waals surface area contributed by atoms with Crippen LogP contribution in [-0.2, 0) is 20.7 Å². The van der Waals surface area contributed by atoms with Gasteiger partial charge >= 0.3 is 5.97 Å². The third kappa shape index (κ3) is 4.94. The molecule has 1 heterocycles. The van der Waals surface area contributed by atoms with Crippen molar-refractivity contribution in [3.05, 3.63) is 101 Å². The Morgan fingerprint density at radius 2 is 1.52 bits per heavy atom. The minimum atomic E-state index is -1.22. The first-order chi connectivity index (χ1) is 15.9. The highest BCUT2D eigenvalue weighted by atomic mass is 35.5. The second kappa shape index (κ2) is 9.67. The van der Waals surface area contributed by atoms with E-state index in [4.69, 9.17) is 16.3 Å². The molecular weight excluding hydrogens is 444 g/mol. The van der Waals surface area contributed by atoms with Crippen molar-refractivity contribution >= 4 is 41.0 Å². The average molecular weight is 463 g/mol. The van der Waals surface area contributed by atoms with Gasteiger partial charge < -0.3 is 10.1 Å². The number of nitrogens with one attached hydrogen (secondary N) is 1. The number of ether oxygens (including phenoxy) is 1. The monoisotopic (exact) mass is 462 g/mol. The Bertz CT molecular complexity index is 1190. The predicted molar refractivity (Wildman–Crippen MR) is 122 cm³/mol. The molecule has 166 valence electrons. The Kier molecular flexibility index (Phi) is 6.51. The SMILES string of the molecule is O=C(COC(=O)C(Cc1ccccc1)N1C(=O)c2ccccc2C1=O)Nc1cccc(Cl)c1. The number of hydrogen-bond acceptors (Lipinski definition) is 5. The van der Waals surface area contributed by atoms with Crippen LogP contribution in [0.3, 0.4) is 0 Å². The molecule has 4 rings (SSSR count). The number of amides is 3. The van der Waals surface area contributed by atoms with E-state index in [1.54, 1.807) is 72.8 Å². The molecule has 0 bridgehead atoms. The molecule has 8 heteroatoms. The maximum Gasteiger partial charge on any atom is 0.330 e. The fourth-order valence-electron chi connectivity index (χ4n) is 3.60. The lowest BCUT2D eigenvalue weighted by molar-refractivity contribution is -0.151. The van der Waals surface area contributed by atoms with Crippen LogP contribution in [0.15, 0.2) is 78.9 Å². The molecule has 0 fully saturated rings. The minimum absolute atomic E-state index is 0.0566. The van der Waals surface area contributed by atoms with E-state index in [-0.39, 0.29) is 17.5 Å². The van der Waals surface area contributed by atoms with Gasteiger partial charge in [0.1, 0.15) is 6.04 Å². The summed E-state index contributed by atoms with van der Waals surface area (Å²) in [5, 5.41) is 3.02. The summed E-state index contributed by atoms with van der Waals surface area (Å²) in [5.41, 5.74) is 1.64. The third-order valence-electron chi connectivity index (χ3n) is 5.14. The molecule has 33 heavy (non-hydrogen) atoms. The molecule has 1 N–H and O–H groups in total. The average Bonchev–Trinajstić information content (AvgIpc) is 3.07. The second-order valence-electron chi connectivity index (χ2n) is 7.40. The van der Waals surface area contributed by atoms with Crippen molar-refractivity contribution in [1.82, 2.24) is 4.90 Å². The number of imide groups is 1. The third-order valence-corrected chi connectivity index (χ3v) is 5.37. The van der Waals surface area contributed by atoms with Gasteiger partial charge in [0.2, 0.25) is 0 Å². The van der Waals surface area contributed by atoms with Crippen LogP contribution in [0.25, 0.3) is 0 Å². The summed E-state index contributed by atoms with van der Waals surface area (Å²) in [6.07, 6.45) is 0.0566. The first-order valence-corrected chi connectivity index (χ1v) is 10.5. The van der Waals surface area contributed by atoms with Crippen LogP contribution in [0.5, 0.6) is 0 Å². The molecule has 0 saturated heterocycles. The zero-order chi connectivity index (χ0) is 23.4. The van der Waals surface area contributed by atoms with Gasteiger partial charge in [-0.3, -0.25) is 19.3 Å². The largest absolute Gasteiger partial charge is 0.454 e. The maximum absolute atomic E-state index is 13.0. The topological polar surface area (TPSA) is 92.8 Å². The van der Waals surface area contributed by atoms with Gasteiger partial charge in [0.25, 0.3) is 17.7 Å². The molecule has 0 radical (unpaired) electrons. The van der Waals surface area contributed by atoms with Crippen molar-refractivity contribution in [1.29, 1.82) is 0 Å². The van der Waals surface area contributed by atoms with Crippen LogP contribution in [0, 0.1) is 0 Å². The van der Waals surface area contributed by atoms with E-state index in [9.17, 15) is 19.2 Å². The van der Waals surface area contributed by atoms with Gasteiger partial charge in [-0.2, -0.15) is 0 Å². The van der Waals surface area contributed by atoms with Gasteiger partial charge in [-0.15, -0.1) is 0 Å². The molecule has 1 aliphatic rings. The van der Waals surface area contributed by atoms with E-state index in [1.807, 2.05) is 6.07 Å². The summed E-state index contributed by atoms with van der Waals surface area (Å²) in [4.78, 5) is 52.1. The normalized spacial score (nSPS) is 13.4. The Morgan fingerprint density at radius 3 is 2.15 bits per heavy atom. The molecular formula is C25H19ClN2O5. The lowest BCUT2D eigenvalue weighted by Crippen LogP contribution is -2.47. The molecule has 0 spiro atoms. The predicted octanol–water partition coefficient (Wildman–Crippen LogP) is 3.73. The van der Waals surface area contributed by atoms with Gasteiger partial charge in [0.15, 0.2) is 6.61 Å².